The number of amides is 1. The molecule has 4 rings (SSSR count). The monoisotopic (exact) mass is 370 g/mol. The summed E-state index contributed by atoms with van der Waals surface area (Å²) in [7, 11) is 0. The van der Waals surface area contributed by atoms with Crippen molar-refractivity contribution in [3.05, 3.63) is 51.8 Å². The van der Waals surface area contributed by atoms with Crippen LogP contribution in [0.15, 0.2) is 33.6 Å². The maximum absolute atomic E-state index is 12.6. The quantitative estimate of drug-likeness (QED) is 0.713. The number of rotatable bonds is 3. The van der Waals surface area contributed by atoms with E-state index in [1.54, 1.807) is 19.9 Å². The number of hydrogen-bond acceptors (Lipinski definition) is 7. The van der Waals surface area contributed by atoms with Gasteiger partial charge in [-0.25, -0.2) is 4.98 Å². The highest BCUT2D eigenvalue weighted by Crippen LogP contribution is 2.27. The molecule has 3 aromatic rings. The lowest BCUT2D eigenvalue weighted by Gasteiger charge is -2.32. The van der Waals surface area contributed by atoms with Crippen LogP contribution in [0.2, 0.25) is 0 Å². The molecule has 1 aliphatic heterocycles. The van der Waals surface area contributed by atoms with Crippen LogP contribution in [-0.4, -0.2) is 32.3 Å². The van der Waals surface area contributed by atoms with E-state index in [1.807, 2.05) is 18.2 Å². The largest absolute Gasteiger partial charge is 0.501 e. The number of ether oxygens (including phenoxy) is 1. The third-order valence-corrected chi connectivity index (χ3v) is 4.55. The Labute approximate surface area is 153 Å². The second-order valence-electron chi connectivity index (χ2n) is 6.76. The SMILES string of the molecule is CC1(C)OCCn2c1nc(C(=O)NCc1noc3ccccc13)c(O)c2=O. The minimum atomic E-state index is -0.845. The average molecular weight is 370 g/mol. The molecule has 0 spiro atoms. The van der Waals surface area contributed by atoms with Gasteiger partial charge in [0.25, 0.3) is 11.5 Å². The van der Waals surface area contributed by atoms with Crippen molar-refractivity contribution in [3.8, 4) is 5.75 Å². The van der Waals surface area contributed by atoms with Crippen LogP contribution in [-0.2, 0) is 23.4 Å². The van der Waals surface area contributed by atoms with Crippen molar-refractivity contribution < 1.29 is 19.2 Å². The number of hydrogen-bond donors (Lipinski definition) is 2. The molecule has 0 saturated carbocycles. The van der Waals surface area contributed by atoms with Crippen molar-refractivity contribution in [2.75, 3.05) is 6.61 Å². The van der Waals surface area contributed by atoms with E-state index in [0.717, 1.165) is 5.39 Å². The van der Waals surface area contributed by atoms with E-state index in [1.165, 1.54) is 4.57 Å². The van der Waals surface area contributed by atoms with E-state index in [9.17, 15) is 14.7 Å². The average Bonchev–Trinajstić information content (AvgIpc) is 3.06. The van der Waals surface area contributed by atoms with Gasteiger partial charge in [-0.05, 0) is 26.0 Å². The van der Waals surface area contributed by atoms with Crippen LogP contribution in [0.25, 0.3) is 11.0 Å². The fourth-order valence-electron chi connectivity index (χ4n) is 3.14. The van der Waals surface area contributed by atoms with Gasteiger partial charge in [-0.15, -0.1) is 0 Å². The Hall–Kier alpha value is -3.20. The lowest BCUT2D eigenvalue weighted by atomic mass is 10.1. The van der Waals surface area contributed by atoms with Gasteiger partial charge >= 0.3 is 0 Å². The summed E-state index contributed by atoms with van der Waals surface area (Å²) in [6.07, 6.45) is 0. The summed E-state index contributed by atoms with van der Waals surface area (Å²) < 4.78 is 12.2. The molecular formula is C18H18N4O5. The predicted octanol–water partition coefficient (Wildman–Crippen LogP) is 1.29. The molecule has 1 amide bonds. The van der Waals surface area contributed by atoms with Gasteiger partial charge in [0.2, 0.25) is 5.75 Å². The Morgan fingerprint density at radius 1 is 1.37 bits per heavy atom. The molecule has 2 N–H and O–H groups in total. The van der Waals surface area contributed by atoms with E-state index in [-0.39, 0.29) is 18.8 Å². The van der Waals surface area contributed by atoms with Crippen LogP contribution < -0.4 is 10.9 Å². The number of nitrogens with one attached hydrogen (secondary N) is 1. The van der Waals surface area contributed by atoms with Crippen molar-refractivity contribution in [1.29, 1.82) is 0 Å². The fraction of sp³-hybridized carbons (Fsp3) is 0.333. The summed E-state index contributed by atoms with van der Waals surface area (Å²) in [6, 6.07) is 7.26. The van der Waals surface area contributed by atoms with Crippen LogP contribution in [0.1, 0.15) is 35.9 Å². The second kappa shape index (κ2) is 6.20. The van der Waals surface area contributed by atoms with E-state index in [0.29, 0.717) is 23.7 Å². The van der Waals surface area contributed by atoms with Crippen LogP contribution >= 0.6 is 0 Å². The number of aromatic hydroxyl groups is 1. The fourth-order valence-corrected chi connectivity index (χ4v) is 3.14. The molecule has 140 valence electrons. The number of aromatic nitrogens is 3. The minimum absolute atomic E-state index is 0.0648. The highest BCUT2D eigenvalue weighted by atomic mass is 16.5. The molecule has 0 radical (unpaired) electrons. The van der Waals surface area contributed by atoms with Crippen LogP contribution in [0.3, 0.4) is 0 Å². The normalized spacial score (nSPS) is 15.5. The molecule has 0 aliphatic carbocycles. The van der Waals surface area contributed by atoms with Crippen LogP contribution in [0.5, 0.6) is 5.75 Å². The Bertz CT molecular complexity index is 1100. The lowest BCUT2D eigenvalue weighted by molar-refractivity contribution is -0.0566. The number of carbonyl (C=O) groups excluding carboxylic acids is 1. The Kier molecular flexibility index (Phi) is 3.96. The van der Waals surface area contributed by atoms with Crippen molar-refractivity contribution in [2.45, 2.75) is 32.5 Å². The first-order valence-electron chi connectivity index (χ1n) is 8.48. The highest BCUT2D eigenvalue weighted by molar-refractivity contribution is 5.94. The number of nitrogens with zero attached hydrogens (tertiary/aromatic N) is 3. The molecule has 1 aliphatic rings. The van der Waals surface area contributed by atoms with Crippen molar-refractivity contribution in [2.24, 2.45) is 0 Å². The van der Waals surface area contributed by atoms with E-state index in [4.69, 9.17) is 9.26 Å². The molecule has 9 heteroatoms. The first kappa shape index (κ1) is 17.2. The molecule has 9 nitrogen and oxygen atoms in total. The Morgan fingerprint density at radius 3 is 2.96 bits per heavy atom. The van der Waals surface area contributed by atoms with E-state index < -0.39 is 22.8 Å². The number of benzene rings is 1. The molecule has 2 aromatic heterocycles. The molecule has 0 fully saturated rings. The predicted molar refractivity (Wildman–Crippen MR) is 94.3 cm³/mol. The van der Waals surface area contributed by atoms with Gasteiger partial charge in [0.15, 0.2) is 11.3 Å². The smallest absolute Gasteiger partial charge is 0.296 e. The Morgan fingerprint density at radius 2 is 2.15 bits per heavy atom. The van der Waals surface area contributed by atoms with Crippen LogP contribution in [0, 0.1) is 0 Å². The summed E-state index contributed by atoms with van der Waals surface area (Å²) in [5, 5.41) is 17.5. The zero-order valence-corrected chi connectivity index (χ0v) is 14.9. The standard InChI is InChI=1S/C18H18N4O5/c1-18(2)17-20-13(14(23)16(25)22(17)7-8-26-18)15(24)19-9-11-10-5-3-4-6-12(10)27-21-11/h3-6,23H,7-9H2,1-2H3,(H,19,24). The minimum Gasteiger partial charge on any atom is -0.501 e. The molecule has 1 aromatic carbocycles. The maximum atomic E-state index is 12.6. The molecule has 3 heterocycles. The molecular weight excluding hydrogens is 352 g/mol. The van der Waals surface area contributed by atoms with Crippen molar-refractivity contribution >= 4 is 16.9 Å². The molecule has 0 atom stereocenters. The summed E-state index contributed by atoms with van der Waals surface area (Å²) in [5.74, 6) is -1.06. The van der Waals surface area contributed by atoms with Gasteiger partial charge in [-0.1, -0.05) is 17.3 Å². The van der Waals surface area contributed by atoms with Crippen molar-refractivity contribution in [1.82, 2.24) is 20.0 Å². The number of fused-ring (bicyclic) bond motifs is 2. The molecule has 27 heavy (non-hydrogen) atoms. The maximum Gasteiger partial charge on any atom is 0.296 e. The van der Waals surface area contributed by atoms with Gasteiger partial charge < -0.3 is 19.7 Å². The lowest BCUT2D eigenvalue weighted by Crippen LogP contribution is -2.42. The molecule has 0 unspecified atom stereocenters. The van der Waals surface area contributed by atoms with Crippen molar-refractivity contribution in [3.63, 3.8) is 0 Å². The van der Waals surface area contributed by atoms with E-state index in [2.05, 4.69) is 15.5 Å². The first-order valence-corrected chi connectivity index (χ1v) is 8.48. The second-order valence-corrected chi connectivity index (χ2v) is 6.76. The third kappa shape index (κ3) is 2.85. The number of carbonyl (C=O) groups is 1. The van der Waals surface area contributed by atoms with Crippen LogP contribution in [0.4, 0.5) is 0 Å². The Balaban J connectivity index is 1.64. The van der Waals surface area contributed by atoms with E-state index >= 15 is 0 Å². The summed E-state index contributed by atoms with van der Waals surface area (Å²) in [6.45, 7) is 4.17. The zero-order chi connectivity index (χ0) is 19.2. The zero-order valence-electron chi connectivity index (χ0n) is 14.9. The molecule has 0 saturated heterocycles. The third-order valence-electron chi connectivity index (χ3n) is 4.55. The summed E-state index contributed by atoms with van der Waals surface area (Å²) in [4.78, 5) is 29.2. The molecule has 0 bridgehead atoms. The van der Waals surface area contributed by atoms with Gasteiger partial charge in [0.05, 0.1) is 19.7 Å². The summed E-state index contributed by atoms with van der Waals surface area (Å²) >= 11 is 0. The van der Waals surface area contributed by atoms with Gasteiger partial charge in [0, 0.05) is 5.39 Å². The summed E-state index contributed by atoms with van der Waals surface area (Å²) in [5.41, 5.74) is -0.695. The van der Waals surface area contributed by atoms with Gasteiger partial charge in [0.1, 0.15) is 17.1 Å². The highest BCUT2D eigenvalue weighted by Gasteiger charge is 2.34. The van der Waals surface area contributed by atoms with Gasteiger partial charge in [-0.2, -0.15) is 0 Å². The van der Waals surface area contributed by atoms with Gasteiger partial charge in [-0.3, -0.25) is 14.2 Å². The topological polar surface area (TPSA) is 119 Å². The number of para-hydroxylation sites is 1. The first-order chi connectivity index (χ1) is 12.9.